The van der Waals surface area contributed by atoms with Gasteiger partial charge in [0.05, 0.1) is 0 Å². The van der Waals surface area contributed by atoms with Gasteiger partial charge in [-0.2, -0.15) is 0 Å². The minimum Gasteiger partial charge on any atom is -0.287 e. The van der Waals surface area contributed by atoms with Crippen LogP contribution in [0.3, 0.4) is 0 Å². The number of pyridine rings is 1. The molecule has 0 N–H and O–H groups in total. The molecule has 0 spiro atoms. The van der Waals surface area contributed by atoms with Crippen molar-refractivity contribution < 1.29 is 4.79 Å². The Morgan fingerprint density at radius 2 is 2.11 bits per heavy atom. The van der Waals surface area contributed by atoms with E-state index in [-0.39, 0.29) is 5.78 Å². The topological polar surface area (TPSA) is 30.0 Å². The quantitative estimate of drug-likeness (QED) is 0.669. The highest BCUT2D eigenvalue weighted by atomic mass is 32.1. The van der Waals surface area contributed by atoms with E-state index in [1.54, 1.807) is 17.5 Å². The number of carbonyl (C=O) groups is 1. The van der Waals surface area contributed by atoms with Crippen LogP contribution in [0.5, 0.6) is 0 Å². The molecule has 0 saturated carbocycles. The van der Waals surface area contributed by atoms with E-state index in [9.17, 15) is 4.79 Å². The Bertz CT molecular complexity index is 745. The fourth-order valence-electron chi connectivity index (χ4n) is 2.23. The average molecular weight is 267 g/mol. The molecule has 0 atom stereocenters. The molecule has 0 fully saturated rings. The van der Waals surface area contributed by atoms with Crippen molar-refractivity contribution in [2.45, 2.75) is 13.3 Å². The van der Waals surface area contributed by atoms with Gasteiger partial charge < -0.3 is 0 Å². The molecule has 0 aliphatic rings. The van der Waals surface area contributed by atoms with Crippen molar-refractivity contribution in [3.8, 4) is 0 Å². The van der Waals surface area contributed by atoms with E-state index in [1.165, 1.54) is 0 Å². The first-order valence-corrected chi connectivity index (χ1v) is 7.14. The molecule has 0 unspecified atom stereocenters. The molecule has 0 aliphatic carbocycles. The normalized spacial score (nSPS) is 10.8. The summed E-state index contributed by atoms with van der Waals surface area (Å²) in [5, 5.41) is 3.13. The predicted molar refractivity (Wildman–Crippen MR) is 78.9 cm³/mol. The van der Waals surface area contributed by atoms with Gasteiger partial charge in [-0.15, -0.1) is 11.3 Å². The second-order valence-electron chi connectivity index (χ2n) is 4.34. The van der Waals surface area contributed by atoms with Crippen LogP contribution in [0.25, 0.3) is 10.1 Å². The molecule has 19 heavy (non-hydrogen) atoms. The Labute approximate surface area is 115 Å². The third-order valence-electron chi connectivity index (χ3n) is 3.21. The van der Waals surface area contributed by atoms with Crippen LogP contribution in [0.1, 0.15) is 28.5 Å². The second kappa shape index (κ2) is 4.94. The van der Waals surface area contributed by atoms with Crippen molar-refractivity contribution in [2.24, 2.45) is 0 Å². The molecule has 0 saturated heterocycles. The predicted octanol–water partition coefficient (Wildman–Crippen LogP) is 4.09. The molecule has 3 rings (SSSR count). The zero-order valence-electron chi connectivity index (χ0n) is 10.6. The summed E-state index contributed by atoms with van der Waals surface area (Å²) < 4.78 is 1.04. The van der Waals surface area contributed by atoms with Gasteiger partial charge in [0, 0.05) is 16.5 Å². The maximum atomic E-state index is 12.7. The molecule has 0 radical (unpaired) electrons. The molecule has 1 aromatic carbocycles. The van der Waals surface area contributed by atoms with Gasteiger partial charge in [0.25, 0.3) is 0 Å². The van der Waals surface area contributed by atoms with Gasteiger partial charge in [0.15, 0.2) is 0 Å². The minimum absolute atomic E-state index is 0.0190. The van der Waals surface area contributed by atoms with E-state index in [2.05, 4.69) is 4.98 Å². The summed E-state index contributed by atoms with van der Waals surface area (Å²) in [7, 11) is 0. The highest BCUT2D eigenvalue weighted by Crippen LogP contribution is 2.26. The zero-order chi connectivity index (χ0) is 13.2. The van der Waals surface area contributed by atoms with E-state index in [0.29, 0.717) is 5.69 Å². The van der Waals surface area contributed by atoms with Crippen LogP contribution in [-0.2, 0) is 6.42 Å². The van der Waals surface area contributed by atoms with Gasteiger partial charge in [-0.1, -0.05) is 25.1 Å². The van der Waals surface area contributed by atoms with Crippen molar-refractivity contribution in [3.63, 3.8) is 0 Å². The third kappa shape index (κ3) is 2.06. The van der Waals surface area contributed by atoms with E-state index in [1.807, 2.05) is 48.7 Å². The number of carbonyl (C=O) groups excluding carboxylic acids is 1. The molecule has 0 amide bonds. The largest absolute Gasteiger partial charge is 0.287 e. The molecule has 0 bridgehead atoms. The average Bonchev–Trinajstić information content (AvgIpc) is 2.94. The zero-order valence-corrected chi connectivity index (χ0v) is 11.4. The molecular formula is C16H13NOS. The van der Waals surface area contributed by atoms with Gasteiger partial charge in [-0.3, -0.25) is 9.78 Å². The first-order valence-electron chi connectivity index (χ1n) is 6.26. The molecule has 3 heteroatoms. The van der Waals surface area contributed by atoms with Gasteiger partial charge in [-0.05, 0) is 40.9 Å². The number of hydrogen-bond acceptors (Lipinski definition) is 3. The van der Waals surface area contributed by atoms with Crippen LogP contribution in [0, 0.1) is 0 Å². The number of aryl methyl sites for hydroxylation is 1. The lowest BCUT2D eigenvalue weighted by Crippen LogP contribution is -2.07. The molecule has 2 aromatic heterocycles. The lowest BCUT2D eigenvalue weighted by atomic mass is 10.0. The van der Waals surface area contributed by atoms with Crippen LogP contribution in [-0.4, -0.2) is 10.8 Å². The molecule has 2 heterocycles. The smallest absolute Gasteiger partial charge is 0.213 e. The van der Waals surface area contributed by atoms with E-state index in [0.717, 1.165) is 27.6 Å². The number of benzene rings is 1. The summed E-state index contributed by atoms with van der Waals surface area (Å²) in [6, 6.07) is 11.7. The second-order valence-corrected chi connectivity index (χ2v) is 5.25. The number of aromatic nitrogens is 1. The molecule has 0 aliphatic heterocycles. The lowest BCUT2D eigenvalue weighted by molar-refractivity contribution is 0.103. The first-order chi connectivity index (χ1) is 9.31. The van der Waals surface area contributed by atoms with Crippen molar-refractivity contribution in [1.82, 2.24) is 4.98 Å². The number of thiophene rings is 1. The Hall–Kier alpha value is -2.00. The first kappa shape index (κ1) is 12.1. The summed E-state index contributed by atoms with van der Waals surface area (Å²) in [5.41, 5.74) is 2.33. The summed E-state index contributed by atoms with van der Waals surface area (Å²) in [6.45, 7) is 2.04. The van der Waals surface area contributed by atoms with Gasteiger partial charge in [0.2, 0.25) is 5.78 Å². The van der Waals surface area contributed by atoms with Gasteiger partial charge in [-0.25, -0.2) is 0 Å². The molecular weight excluding hydrogens is 254 g/mol. The number of rotatable bonds is 3. The van der Waals surface area contributed by atoms with Crippen molar-refractivity contribution in [2.75, 3.05) is 0 Å². The van der Waals surface area contributed by atoms with Crippen LogP contribution < -0.4 is 0 Å². The van der Waals surface area contributed by atoms with Crippen LogP contribution >= 0.6 is 11.3 Å². The molecule has 94 valence electrons. The Kier molecular flexibility index (Phi) is 3.13. The summed E-state index contributed by atoms with van der Waals surface area (Å²) in [6.07, 6.45) is 2.50. The van der Waals surface area contributed by atoms with Gasteiger partial charge in [0.1, 0.15) is 5.69 Å². The summed E-state index contributed by atoms with van der Waals surface area (Å²) in [4.78, 5) is 17.0. The van der Waals surface area contributed by atoms with E-state index in [4.69, 9.17) is 0 Å². The van der Waals surface area contributed by atoms with Crippen LogP contribution in [0.2, 0.25) is 0 Å². The van der Waals surface area contributed by atoms with Crippen LogP contribution in [0.4, 0.5) is 0 Å². The number of nitrogens with zero attached hydrogens (tertiary/aromatic N) is 1. The van der Waals surface area contributed by atoms with Crippen molar-refractivity contribution >= 4 is 27.2 Å². The van der Waals surface area contributed by atoms with E-state index < -0.39 is 0 Å². The number of ketones is 1. The lowest BCUT2D eigenvalue weighted by Gasteiger charge is -2.06. The fraction of sp³-hybridized carbons (Fsp3) is 0.125. The number of hydrogen-bond donors (Lipinski definition) is 0. The standard InChI is InChI=1S/C16H13NOS/c1-2-11-6-4-9-17-14(11)15(18)13-7-3-5-12-8-10-19-16(12)13/h3-10H,2H2,1H3. The Morgan fingerprint density at radius 1 is 1.21 bits per heavy atom. The molecule has 3 aromatic rings. The summed E-state index contributed by atoms with van der Waals surface area (Å²) >= 11 is 1.60. The fourth-order valence-corrected chi connectivity index (χ4v) is 3.14. The maximum Gasteiger partial charge on any atom is 0.213 e. The van der Waals surface area contributed by atoms with Crippen LogP contribution in [0.15, 0.2) is 48.0 Å². The SMILES string of the molecule is CCc1cccnc1C(=O)c1cccc2ccsc12. The maximum absolute atomic E-state index is 12.7. The Balaban J connectivity index is 2.16. The highest BCUT2D eigenvalue weighted by molar-refractivity contribution is 7.17. The monoisotopic (exact) mass is 267 g/mol. The number of fused-ring (bicyclic) bond motifs is 1. The van der Waals surface area contributed by atoms with Gasteiger partial charge >= 0.3 is 0 Å². The van der Waals surface area contributed by atoms with Crippen molar-refractivity contribution in [1.29, 1.82) is 0 Å². The molecule has 2 nitrogen and oxygen atoms in total. The minimum atomic E-state index is 0.0190. The van der Waals surface area contributed by atoms with E-state index >= 15 is 0 Å². The third-order valence-corrected chi connectivity index (χ3v) is 4.17. The Morgan fingerprint density at radius 3 is 2.95 bits per heavy atom. The highest BCUT2D eigenvalue weighted by Gasteiger charge is 2.16. The summed E-state index contributed by atoms with van der Waals surface area (Å²) in [5.74, 6) is 0.0190. The van der Waals surface area contributed by atoms with Crippen molar-refractivity contribution in [3.05, 3.63) is 64.8 Å².